The van der Waals surface area contributed by atoms with Crippen molar-refractivity contribution in [1.82, 2.24) is 16.2 Å². The number of aryl methyl sites for hydroxylation is 2. The molecule has 0 radical (unpaired) electrons. The highest BCUT2D eigenvalue weighted by atomic mass is 16.5. The van der Waals surface area contributed by atoms with E-state index in [1.54, 1.807) is 6.07 Å². The highest BCUT2D eigenvalue weighted by molar-refractivity contribution is 5.87. The van der Waals surface area contributed by atoms with Crippen LogP contribution < -0.4 is 20.9 Å². The number of ether oxygens (including phenoxy) is 1. The van der Waals surface area contributed by atoms with Crippen LogP contribution in [0.25, 0.3) is 0 Å². The van der Waals surface area contributed by atoms with Crippen molar-refractivity contribution in [2.24, 2.45) is 5.92 Å². The Hall–Kier alpha value is -2.57. The smallest absolute Gasteiger partial charge is 0.276 e. The van der Waals surface area contributed by atoms with Crippen molar-refractivity contribution in [2.75, 3.05) is 13.2 Å². The third-order valence-electron chi connectivity index (χ3n) is 4.43. The molecule has 26 heavy (non-hydrogen) atoms. The van der Waals surface area contributed by atoms with E-state index in [4.69, 9.17) is 4.74 Å². The van der Waals surface area contributed by atoms with Crippen molar-refractivity contribution in [2.45, 2.75) is 46.0 Å². The third-order valence-corrected chi connectivity index (χ3v) is 4.43. The predicted molar refractivity (Wildman–Crippen MR) is 97.3 cm³/mol. The van der Waals surface area contributed by atoms with E-state index >= 15 is 0 Å². The van der Waals surface area contributed by atoms with Gasteiger partial charge in [-0.25, -0.2) is 0 Å². The van der Waals surface area contributed by atoms with Crippen LogP contribution in [0.3, 0.4) is 0 Å². The molecule has 0 heterocycles. The lowest BCUT2D eigenvalue weighted by molar-refractivity contribution is -0.131. The molecular weight excluding hydrogens is 334 g/mol. The van der Waals surface area contributed by atoms with E-state index in [0.717, 1.165) is 36.8 Å². The van der Waals surface area contributed by atoms with Crippen molar-refractivity contribution < 1.29 is 19.1 Å². The highest BCUT2D eigenvalue weighted by Gasteiger charge is 2.21. The number of nitrogens with one attached hydrogen (secondary N) is 3. The van der Waals surface area contributed by atoms with Crippen molar-refractivity contribution in [3.8, 4) is 5.75 Å². The first-order valence-electron chi connectivity index (χ1n) is 9.01. The van der Waals surface area contributed by atoms with Gasteiger partial charge in [-0.1, -0.05) is 37.0 Å². The fourth-order valence-corrected chi connectivity index (χ4v) is 3.00. The van der Waals surface area contributed by atoms with Crippen molar-refractivity contribution in [1.29, 1.82) is 0 Å². The summed E-state index contributed by atoms with van der Waals surface area (Å²) in [7, 11) is 0. The van der Waals surface area contributed by atoms with Gasteiger partial charge in [-0.15, -0.1) is 0 Å². The van der Waals surface area contributed by atoms with E-state index in [1.807, 2.05) is 26.0 Å². The molecule has 1 fully saturated rings. The van der Waals surface area contributed by atoms with Crippen molar-refractivity contribution >= 4 is 17.7 Å². The first kappa shape index (κ1) is 19.8. The van der Waals surface area contributed by atoms with Gasteiger partial charge in [0.1, 0.15) is 5.75 Å². The molecule has 1 aromatic rings. The summed E-state index contributed by atoms with van der Waals surface area (Å²) in [5.74, 6) is -0.426. The Morgan fingerprint density at radius 3 is 2.42 bits per heavy atom. The van der Waals surface area contributed by atoms with E-state index < -0.39 is 11.8 Å². The minimum Gasteiger partial charge on any atom is -0.483 e. The number of hydrazine groups is 1. The zero-order valence-electron chi connectivity index (χ0n) is 15.4. The lowest BCUT2D eigenvalue weighted by atomic mass is 9.89. The molecular formula is C19H27N3O4. The van der Waals surface area contributed by atoms with Gasteiger partial charge in [0.2, 0.25) is 5.91 Å². The number of carbonyl (C=O) groups excluding carboxylic acids is 3. The monoisotopic (exact) mass is 361 g/mol. The average molecular weight is 361 g/mol. The van der Waals surface area contributed by atoms with Gasteiger partial charge in [0, 0.05) is 5.92 Å². The number of hydrogen-bond donors (Lipinski definition) is 3. The molecule has 1 aliphatic carbocycles. The maximum atomic E-state index is 12.0. The van der Waals surface area contributed by atoms with E-state index in [2.05, 4.69) is 16.2 Å². The molecule has 0 aromatic heterocycles. The second kappa shape index (κ2) is 9.79. The first-order chi connectivity index (χ1) is 12.5. The van der Waals surface area contributed by atoms with E-state index in [1.165, 1.54) is 6.42 Å². The second-order valence-corrected chi connectivity index (χ2v) is 6.71. The van der Waals surface area contributed by atoms with Gasteiger partial charge in [-0.05, 0) is 38.3 Å². The number of rotatable bonds is 6. The van der Waals surface area contributed by atoms with Crippen LogP contribution in [0.15, 0.2) is 18.2 Å². The normalized spacial score (nSPS) is 14.4. The molecule has 0 spiro atoms. The molecule has 7 heteroatoms. The van der Waals surface area contributed by atoms with Crippen LogP contribution in [0.4, 0.5) is 0 Å². The summed E-state index contributed by atoms with van der Waals surface area (Å²) in [5, 5.41) is 2.61. The van der Waals surface area contributed by atoms with Gasteiger partial charge in [0.25, 0.3) is 11.8 Å². The Bertz CT molecular complexity index is 654. The van der Waals surface area contributed by atoms with Gasteiger partial charge in [0.05, 0.1) is 6.54 Å². The van der Waals surface area contributed by atoms with Crippen LogP contribution in [0.1, 0.15) is 43.2 Å². The van der Waals surface area contributed by atoms with Crippen LogP contribution in [0.5, 0.6) is 5.75 Å². The molecule has 0 bridgehead atoms. The van der Waals surface area contributed by atoms with E-state index in [9.17, 15) is 14.4 Å². The lowest BCUT2D eigenvalue weighted by Crippen LogP contribution is -2.48. The van der Waals surface area contributed by atoms with Gasteiger partial charge < -0.3 is 10.1 Å². The average Bonchev–Trinajstić information content (AvgIpc) is 2.64. The zero-order valence-corrected chi connectivity index (χ0v) is 15.4. The molecule has 0 aliphatic heterocycles. The quantitative estimate of drug-likeness (QED) is 0.670. The maximum Gasteiger partial charge on any atom is 0.276 e. The largest absolute Gasteiger partial charge is 0.483 e. The number of benzene rings is 1. The Morgan fingerprint density at radius 2 is 1.73 bits per heavy atom. The molecule has 1 aromatic carbocycles. The summed E-state index contributed by atoms with van der Waals surface area (Å²) < 4.78 is 5.43. The Kier molecular flexibility index (Phi) is 7.44. The van der Waals surface area contributed by atoms with Crippen LogP contribution in [0, 0.1) is 19.8 Å². The molecule has 3 amide bonds. The second-order valence-electron chi connectivity index (χ2n) is 6.71. The maximum absolute atomic E-state index is 12.0. The fraction of sp³-hybridized carbons (Fsp3) is 0.526. The summed E-state index contributed by atoms with van der Waals surface area (Å²) in [5.41, 5.74) is 6.59. The van der Waals surface area contributed by atoms with Gasteiger partial charge >= 0.3 is 0 Å². The van der Waals surface area contributed by atoms with Crippen LogP contribution >= 0.6 is 0 Å². The highest BCUT2D eigenvalue weighted by Crippen LogP contribution is 2.23. The molecule has 0 atom stereocenters. The van der Waals surface area contributed by atoms with Gasteiger partial charge in [0.15, 0.2) is 6.61 Å². The fourth-order valence-electron chi connectivity index (χ4n) is 3.00. The molecule has 142 valence electrons. The van der Waals surface area contributed by atoms with Gasteiger partial charge in [-0.3, -0.25) is 25.2 Å². The number of carbonyl (C=O) groups is 3. The predicted octanol–water partition coefficient (Wildman–Crippen LogP) is 1.53. The van der Waals surface area contributed by atoms with Crippen LogP contribution in [-0.4, -0.2) is 30.9 Å². The molecule has 0 unspecified atom stereocenters. The molecule has 1 aliphatic rings. The van der Waals surface area contributed by atoms with Crippen molar-refractivity contribution in [3.63, 3.8) is 0 Å². The molecule has 1 saturated carbocycles. The van der Waals surface area contributed by atoms with E-state index in [-0.39, 0.29) is 25.0 Å². The summed E-state index contributed by atoms with van der Waals surface area (Å²) in [6, 6.07) is 5.67. The zero-order chi connectivity index (χ0) is 18.9. The lowest BCUT2D eigenvalue weighted by Gasteiger charge is -2.20. The summed E-state index contributed by atoms with van der Waals surface area (Å²) in [4.78, 5) is 35.4. The first-order valence-corrected chi connectivity index (χ1v) is 9.01. The summed E-state index contributed by atoms with van der Waals surface area (Å²) in [6.07, 6.45) is 5.03. The summed E-state index contributed by atoms with van der Waals surface area (Å²) in [6.45, 7) is 3.51. The molecule has 2 rings (SSSR count). The topological polar surface area (TPSA) is 96.5 Å². The Balaban J connectivity index is 1.63. The third kappa shape index (κ3) is 6.38. The standard InChI is InChI=1S/C19H27N3O4/c1-13-8-9-16(14(2)10-13)26-12-18(24)22-21-17(23)11-20-19(25)15-6-4-3-5-7-15/h8-10,15H,3-7,11-12H2,1-2H3,(H,20,25)(H,21,23)(H,22,24). The number of hydrogen-bond acceptors (Lipinski definition) is 4. The summed E-state index contributed by atoms with van der Waals surface area (Å²) >= 11 is 0. The van der Waals surface area contributed by atoms with Gasteiger partial charge in [-0.2, -0.15) is 0 Å². The molecule has 3 N–H and O–H groups in total. The SMILES string of the molecule is Cc1ccc(OCC(=O)NNC(=O)CNC(=O)C2CCCCC2)c(C)c1. The molecule has 7 nitrogen and oxygen atoms in total. The minimum atomic E-state index is -0.478. The van der Waals surface area contributed by atoms with Crippen molar-refractivity contribution in [3.05, 3.63) is 29.3 Å². The Morgan fingerprint density at radius 1 is 1.04 bits per heavy atom. The Labute approximate surface area is 153 Å². The molecule has 0 saturated heterocycles. The number of amides is 3. The van der Waals surface area contributed by atoms with Crippen LogP contribution in [0.2, 0.25) is 0 Å². The van der Waals surface area contributed by atoms with E-state index in [0.29, 0.717) is 5.75 Å². The minimum absolute atomic E-state index is 0.00251. The van der Waals surface area contributed by atoms with Crippen LogP contribution in [-0.2, 0) is 14.4 Å².